The molecule has 0 aliphatic rings. The zero-order valence-electron chi connectivity index (χ0n) is 16.7. The highest BCUT2D eigenvalue weighted by Crippen LogP contribution is 2.22. The van der Waals surface area contributed by atoms with Gasteiger partial charge >= 0.3 is 0 Å². The second-order valence-electron chi connectivity index (χ2n) is 6.69. The number of halogens is 2. The quantitative estimate of drug-likeness (QED) is 0.535. The minimum atomic E-state index is -0.0603. The van der Waals surface area contributed by atoms with Crippen LogP contribution in [0.2, 0.25) is 10.0 Å². The molecule has 0 radical (unpaired) electrons. The van der Waals surface area contributed by atoms with Crippen LogP contribution in [-0.2, 0) is 11.2 Å². The molecule has 1 unspecified atom stereocenters. The number of rotatable bonds is 10. The van der Waals surface area contributed by atoms with E-state index in [9.17, 15) is 4.79 Å². The third-order valence-electron chi connectivity index (χ3n) is 4.70. The molecular weight excluding hydrogens is 395 g/mol. The maximum absolute atomic E-state index is 12.2. The first kappa shape index (κ1) is 22.5. The van der Waals surface area contributed by atoms with Gasteiger partial charge in [0.25, 0.3) is 0 Å². The molecule has 0 heterocycles. The summed E-state index contributed by atoms with van der Waals surface area (Å²) in [5.74, 6) is 0.736. The lowest BCUT2D eigenvalue weighted by Gasteiger charge is -2.26. The Bertz CT molecular complexity index is 762. The number of likely N-dealkylation sites (N-methyl/N-ethyl adjacent to an activating group) is 1. The lowest BCUT2D eigenvalue weighted by atomic mass is 10.1. The number of hydrogen-bond donors (Lipinski definition) is 1. The summed E-state index contributed by atoms with van der Waals surface area (Å²) in [6.07, 6.45) is 0.910. The number of aryl methyl sites for hydroxylation is 1. The number of carbonyl (C=O) groups is 1. The number of anilines is 1. The summed E-state index contributed by atoms with van der Waals surface area (Å²) in [6.45, 7) is 9.11. The van der Waals surface area contributed by atoms with Crippen LogP contribution in [0.1, 0.15) is 32.8 Å². The van der Waals surface area contributed by atoms with Crippen LogP contribution in [0.25, 0.3) is 0 Å². The highest BCUT2D eigenvalue weighted by Gasteiger charge is 2.11. The Morgan fingerprint density at radius 1 is 1.11 bits per heavy atom. The maximum atomic E-state index is 12.2. The Morgan fingerprint density at radius 2 is 1.79 bits per heavy atom. The predicted molar refractivity (Wildman–Crippen MR) is 118 cm³/mol. The molecule has 0 saturated heterocycles. The molecule has 0 aliphatic carbocycles. The Hall–Kier alpha value is -1.75. The van der Waals surface area contributed by atoms with E-state index in [-0.39, 0.29) is 5.91 Å². The number of hydrogen-bond acceptors (Lipinski definition) is 3. The van der Waals surface area contributed by atoms with Gasteiger partial charge in [-0.3, -0.25) is 9.69 Å². The second-order valence-corrected chi connectivity index (χ2v) is 7.53. The molecule has 0 spiro atoms. The van der Waals surface area contributed by atoms with E-state index in [4.69, 9.17) is 27.9 Å². The van der Waals surface area contributed by atoms with Gasteiger partial charge in [-0.1, -0.05) is 43.1 Å². The second kappa shape index (κ2) is 11.3. The van der Waals surface area contributed by atoms with Gasteiger partial charge in [0.2, 0.25) is 5.91 Å². The van der Waals surface area contributed by atoms with E-state index in [1.807, 2.05) is 30.3 Å². The van der Waals surface area contributed by atoms with Gasteiger partial charge in [0.05, 0.1) is 0 Å². The van der Waals surface area contributed by atoms with Gasteiger partial charge in [-0.25, -0.2) is 0 Å². The van der Waals surface area contributed by atoms with Crippen molar-refractivity contribution in [3.63, 3.8) is 0 Å². The fraction of sp³-hybridized carbons (Fsp3) is 0.409. The highest BCUT2D eigenvalue weighted by atomic mass is 35.5. The van der Waals surface area contributed by atoms with E-state index in [0.29, 0.717) is 35.5 Å². The number of amides is 1. The summed E-state index contributed by atoms with van der Waals surface area (Å²) >= 11 is 12.0. The van der Waals surface area contributed by atoms with Crippen molar-refractivity contribution in [3.8, 4) is 5.75 Å². The number of nitrogens with zero attached hydrogens (tertiary/aromatic N) is 1. The molecule has 0 fully saturated rings. The lowest BCUT2D eigenvalue weighted by molar-refractivity contribution is -0.116. The molecule has 28 heavy (non-hydrogen) atoms. The molecule has 2 aromatic rings. The van der Waals surface area contributed by atoms with Crippen LogP contribution in [0.15, 0.2) is 42.5 Å². The summed E-state index contributed by atoms with van der Waals surface area (Å²) in [5.41, 5.74) is 1.66. The molecule has 0 bridgehead atoms. The standard InChI is InChI=1S/C22H28Cl2N2O2/c1-4-26(5-2)16(3)15-28-20-11-9-19(10-12-20)25-22(27)13-7-17-6-8-18(23)14-21(17)24/h6,8-12,14,16H,4-5,7,13,15H2,1-3H3,(H,25,27). The van der Waals surface area contributed by atoms with Crippen molar-refractivity contribution in [1.82, 2.24) is 4.90 Å². The molecule has 0 aromatic heterocycles. The average molecular weight is 423 g/mol. The van der Waals surface area contributed by atoms with Crippen LogP contribution in [-0.4, -0.2) is 36.5 Å². The normalized spacial score (nSPS) is 12.1. The van der Waals surface area contributed by atoms with Crippen LogP contribution in [0.3, 0.4) is 0 Å². The van der Waals surface area contributed by atoms with E-state index >= 15 is 0 Å². The monoisotopic (exact) mass is 422 g/mol. The van der Waals surface area contributed by atoms with Gasteiger partial charge in [-0.15, -0.1) is 0 Å². The van der Waals surface area contributed by atoms with Crippen LogP contribution < -0.4 is 10.1 Å². The van der Waals surface area contributed by atoms with Gasteiger partial charge in [-0.05, 0) is 68.4 Å². The van der Waals surface area contributed by atoms with E-state index < -0.39 is 0 Å². The highest BCUT2D eigenvalue weighted by molar-refractivity contribution is 6.35. The van der Waals surface area contributed by atoms with Crippen molar-refractivity contribution in [2.24, 2.45) is 0 Å². The van der Waals surface area contributed by atoms with Gasteiger partial charge < -0.3 is 10.1 Å². The average Bonchev–Trinajstić information content (AvgIpc) is 2.67. The van der Waals surface area contributed by atoms with Crippen LogP contribution in [0, 0.1) is 0 Å². The Kier molecular flexibility index (Phi) is 9.10. The smallest absolute Gasteiger partial charge is 0.224 e. The maximum Gasteiger partial charge on any atom is 0.224 e. The number of carbonyl (C=O) groups excluding carboxylic acids is 1. The van der Waals surface area contributed by atoms with Crippen molar-refractivity contribution in [3.05, 3.63) is 58.1 Å². The first-order chi connectivity index (χ1) is 13.4. The predicted octanol–water partition coefficient (Wildman–Crippen LogP) is 5.67. The molecule has 0 aliphatic heterocycles. The molecule has 6 heteroatoms. The van der Waals surface area contributed by atoms with Crippen molar-refractivity contribution in [1.29, 1.82) is 0 Å². The van der Waals surface area contributed by atoms with E-state index in [0.717, 1.165) is 30.1 Å². The minimum absolute atomic E-state index is 0.0603. The lowest BCUT2D eigenvalue weighted by Crippen LogP contribution is -2.36. The summed E-state index contributed by atoms with van der Waals surface area (Å²) < 4.78 is 5.86. The molecular formula is C22H28Cl2N2O2. The van der Waals surface area contributed by atoms with Crippen molar-refractivity contribution >= 4 is 34.8 Å². The zero-order chi connectivity index (χ0) is 20.5. The van der Waals surface area contributed by atoms with Crippen molar-refractivity contribution in [2.75, 3.05) is 25.0 Å². The van der Waals surface area contributed by atoms with Gasteiger partial charge in [0.1, 0.15) is 12.4 Å². The minimum Gasteiger partial charge on any atom is -0.492 e. The van der Waals surface area contributed by atoms with Gasteiger partial charge in [0, 0.05) is 28.2 Å². The summed E-state index contributed by atoms with van der Waals surface area (Å²) in [5, 5.41) is 4.07. The first-order valence-electron chi connectivity index (χ1n) is 9.63. The molecule has 4 nitrogen and oxygen atoms in total. The number of ether oxygens (including phenoxy) is 1. The van der Waals surface area contributed by atoms with E-state index in [2.05, 4.69) is 31.0 Å². The SMILES string of the molecule is CCN(CC)C(C)COc1ccc(NC(=O)CCc2ccc(Cl)cc2Cl)cc1. The molecule has 2 rings (SSSR count). The molecule has 1 amide bonds. The fourth-order valence-electron chi connectivity index (χ4n) is 3.00. The molecule has 152 valence electrons. The van der Waals surface area contributed by atoms with Crippen molar-refractivity contribution in [2.45, 2.75) is 39.7 Å². The Balaban J connectivity index is 1.80. The van der Waals surface area contributed by atoms with Crippen LogP contribution in [0.4, 0.5) is 5.69 Å². The summed E-state index contributed by atoms with van der Waals surface area (Å²) in [6, 6.07) is 13.1. The topological polar surface area (TPSA) is 41.6 Å². The Labute approximate surface area is 177 Å². The van der Waals surface area contributed by atoms with Crippen molar-refractivity contribution < 1.29 is 9.53 Å². The molecule has 1 atom stereocenters. The number of nitrogens with one attached hydrogen (secondary N) is 1. The van der Waals surface area contributed by atoms with E-state index in [1.54, 1.807) is 12.1 Å². The first-order valence-corrected chi connectivity index (χ1v) is 10.4. The third-order valence-corrected chi connectivity index (χ3v) is 5.29. The molecule has 2 aromatic carbocycles. The number of benzene rings is 2. The van der Waals surface area contributed by atoms with Gasteiger partial charge in [0.15, 0.2) is 0 Å². The zero-order valence-corrected chi connectivity index (χ0v) is 18.2. The molecule has 1 N–H and O–H groups in total. The summed E-state index contributed by atoms with van der Waals surface area (Å²) in [4.78, 5) is 14.5. The van der Waals surface area contributed by atoms with E-state index in [1.165, 1.54) is 0 Å². The summed E-state index contributed by atoms with van der Waals surface area (Å²) in [7, 11) is 0. The van der Waals surface area contributed by atoms with Gasteiger partial charge in [-0.2, -0.15) is 0 Å². The van der Waals surface area contributed by atoms with Crippen LogP contribution >= 0.6 is 23.2 Å². The largest absolute Gasteiger partial charge is 0.492 e. The molecule has 0 saturated carbocycles. The fourth-order valence-corrected chi connectivity index (χ4v) is 3.50. The van der Waals surface area contributed by atoms with Crippen LogP contribution in [0.5, 0.6) is 5.75 Å². The third kappa shape index (κ3) is 7.01. The Morgan fingerprint density at radius 3 is 2.39 bits per heavy atom.